The van der Waals surface area contributed by atoms with E-state index in [0.717, 1.165) is 25.7 Å². The van der Waals surface area contributed by atoms with Crippen molar-refractivity contribution in [2.45, 2.75) is 87.5 Å². The van der Waals surface area contributed by atoms with E-state index in [1.54, 1.807) is 0 Å². The molecular weight excluding hydrogens is 360 g/mol. The Labute approximate surface area is 165 Å². The van der Waals surface area contributed by atoms with Crippen molar-refractivity contribution in [3.8, 4) is 0 Å². The highest BCUT2D eigenvalue weighted by Crippen LogP contribution is 2.73. The summed E-state index contributed by atoms with van der Waals surface area (Å²) >= 11 is 0. The third kappa shape index (κ3) is 1.75. The lowest BCUT2D eigenvalue weighted by atomic mass is 9.44. The fourth-order valence-corrected chi connectivity index (χ4v) is 8.23. The van der Waals surface area contributed by atoms with Crippen LogP contribution >= 0.6 is 0 Å². The van der Waals surface area contributed by atoms with E-state index in [1.165, 1.54) is 5.57 Å². The summed E-state index contributed by atoms with van der Waals surface area (Å²) < 4.78 is 11.9. The normalized spacial score (nSPS) is 63.8. The second-order valence-electron chi connectivity index (χ2n) is 11.1. The highest BCUT2D eigenvalue weighted by atomic mass is 16.7. The van der Waals surface area contributed by atoms with Crippen molar-refractivity contribution in [2.75, 3.05) is 13.2 Å². The summed E-state index contributed by atoms with van der Waals surface area (Å²) in [6, 6.07) is 0. The highest BCUT2D eigenvalue weighted by molar-refractivity contribution is 5.42. The van der Waals surface area contributed by atoms with E-state index in [9.17, 15) is 20.4 Å². The van der Waals surface area contributed by atoms with Crippen LogP contribution in [-0.4, -0.2) is 68.8 Å². The number of hydrogen-bond donors (Lipinski definition) is 4. The van der Waals surface area contributed by atoms with Crippen molar-refractivity contribution in [2.24, 2.45) is 22.7 Å². The van der Waals surface area contributed by atoms with Crippen LogP contribution in [0.1, 0.15) is 52.4 Å². The van der Waals surface area contributed by atoms with Crippen molar-refractivity contribution >= 4 is 0 Å². The zero-order valence-corrected chi connectivity index (χ0v) is 16.7. The number of hydrogen-bond acceptors (Lipinski definition) is 6. The molecule has 10 atom stereocenters. The lowest BCUT2D eigenvalue weighted by molar-refractivity contribution is -0.127. The molecule has 0 aromatic heterocycles. The van der Waals surface area contributed by atoms with Crippen LogP contribution in [0.5, 0.6) is 0 Å². The molecular formula is C22H32O6. The zero-order chi connectivity index (χ0) is 19.7. The van der Waals surface area contributed by atoms with Crippen LogP contribution in [0.2, 0.25) is 0 Å². The molecule has 5 fully saturated rings. The van der Waals surface area contributed by atoms with Gasteiger partial charge >= 0.3 is 0 Å². The predicted octanol–water partition coefficient (Wildman–Crippen LogP) is 0.905. The third-order valence-electron chi connectivity index (χ3n) is 9.97. The van der Waals surface area contributed by atoms with Crippen LogP contribution in [0.3, 0.4) is 0 Å². The van der Waals surface area contributed by atoms with Gasteiger partial charge in [-0.25, -0.2) is 0 Å². The minimum Gasteiger partial charge on any atom is -0.396 e. The summed E-state index contributed by atoms with van der Waals surface area (Å²) in [5.41, 5.74) is -1.74. The van der Waals surface area contributed by atoms with E-state index in [1.807, 2.05) is 0 Å². The molecule has 6 rings (SSSR count). The molecule has 3 saturated carbocycles. The molecule has 0 amide bonds. The van der Waals surface area contributed by atoms with E-state index < -0.39 is 35.1 Å². The number of rotatable bonds is 2. The zero-order valence-electron chi connectivity index (χ0n) is 16.7. The Morgan fingerprint density at radius 1 is 1.14 bits per heavy atom. The molecule has 0 aromatic carbocycles. The molecule has 156 valence electrons. The number of epoxide rings is 2. The Bertz CT molecular complexity index is 768. The van der Waals surface area contributed by atoms with Crippen LogP contribution < -0.4 is 0 Å². The maximum atomic E-state index is 11.7. The largest absolute Gasteiger partial charge is 0.396 e. The summed E-state index contributed by atoms with van der Waals surface area (Å²) in [5.74, 6) is 0.699. The van der Waals surface area contributed by atoms with Crippen LogP contribution in [0.25, 0.3) is 0 Å². The number of ether oxygens (including phenoxy) is 2. The van der Waals surface area contributed by atoms with Crippen LogP contribution in [0.15, 0.2) is 11.6 Å². The van der Waals surface area contributed by atoms with E-state index in [-0.39, 0.29) is 30.0 Å². The molecule has 28 heavy (non-hydrogen) atoms. The smallest absolute Gasteiger partial charge is 0.149 e. The van der Waals surface area contributed by atoms with Gasteiger partial charge in [-0.2, -0.15) is 0 Å². The molecule has 0 bridgehead atoms. The Kier molecular flexibility index (Phi) is 3.29. The van der Waals surface area contributed by atoms with Gasteiger partial charge in [0, 0.05) is 13.0 Å². The molecule has 0 radical (unpaired) electrons. The number of fused-ring (bicyclic) bond motifs is 5. The van der Waals surface area contributed by atoms with Gasteiger partial charge in [-0.05, 0) is 48.3 Å². The molecule has 4 N–H and O–H groups in total. The van der Waals surface area contributed by atoms with Crippen molar-refractivity contribution < 1.29 is 29.9 Å². The van der Waals surface area contributed by atoms with Crippen LogP contribution in [0.4, 0.5) is 0 Å². The lowest BCUT2D eigenvalue weighted by Gasteiger charge is -2.60. The van der Waals surface area contributed by atoms with Gasteiger partial charge in [0.15, 0.2) is 0 Å². The van der Waals surface area contributed by atoms with Gasteiger partial charge in [0.25, 0.3) is 0 Å². The molecule has 6 heteroatoms. The molecule has 1 unspecified atom stereocenters. The summed E-state index contributed by atoms with van der Waals surface area (Å²) in [7, 11) is 0. The first-order valence-electron chi connectivity index (χ1n) is 10.9. The first-order valence-corrected chi connectivity index (χ1v) is 10.9. The first kappa shape index (κ1) is 18.3. The van der Waals surface area contributed by atoms with Crippen molar-refractivity contribution in [1.29, 1.82) is 0 Å². The van der Waals surface area contributed by atoms with E-state index >= 15 is 0 Å². The van der Waals surface area contributed by atoms with E-state index in [4.69, 9.17) is 9.47 Å². The summed E-state index contributed by atoms with van der Waals surface area (Å²) in [6.07, 6.45) is 5.77. The Balaban J connectivity index is 1.41. The van der Waals surface area contributed by atoms with Gasteiger partial charge in [0.1, 0.15) is 35.1 Å². The lowest BCUT2D eigenvalue weighted by Crippen LogP contribution is -2.66. The van der Waals surface area contributed by atoms with Gasteiger partial charge in [-0.1, -0.05) is 31.9 Å². The summed E-state index contributed by atoms with van der Waals surface area (Å²) in [5, 5.41) is 42.5. The molecule has 2 heterocycles. The third-order valence-corrected chi connectivity index (χ3v) is 9.97. The maximum absolute atomic E-state index is 11.7. The van der Waals surface area contributed by atoms with Crippen molar-refractivity contribution in [1.82, 2.24) is 0 Å². The second kappa shape index (κ2) is 5.04. The minimum atomic E-state index is -1.18. The van der Waals surface area contributed by atoms with Crippen LogP contribution in [0, 0.1) is 22.7 Å². The molecule has 4 aliphatic carbocycles. The standard InChI is InChI=1S/C22H32O6/c1-18(10-23)6-3-7-19(2)13-9-22-16(27-22)15(25)20(11-24)17(28-20)21(22,26)8-12(13)4-5-14(18)19/h4,13-17,23-26H,3,5-11H2,1-2H3/t13-,14-,15?,16+,17-,18-,19+,20-,21+,22+/m0/s1. The second-order valence-corrected chi connectivity index (χ2v) is 11.1. The average molecular weight is 392 g/mol. The summed E-state index contributed by atoms with van der Waals surface area (Å²) in [4.78, 5) is 0. The molecule has 6 aliphatic rings. The van der Waals surface area contributed by atoms with Gasteiger partial charge in [0.05, 0.1) is 6.61 Å². The fraction of sp³-hybridized carbons (Fsp3) is 0.909. The van der Waals surface area contributed by atoms with E-state index in [0.29, 0.717) is 18.8 Å². The first-order chi connectivity index (χ1) is 13.2. The molecule has 2 saturated heterocycles. The Morgan fingerprint density at radius 2 is 1.93 bits per heavy atom. The van der Waals surface area contributed by atoms with Crippen LogP contribution in [-0.2, 0) is 9.47 Å². The highest BCUT2D eigenvalue weighted by Gasteiger charge is 2.90. The number of aliphatic hydroxyl groups is 4. The molecule has 1 spiro atoms. The SMILES string of the molecule is C[C@@]1(CO)CCC[C@]2(C)[C@H]3C[C@@]45O[C@@H]4C(O)[C@]4(CO)O[C@@H]4[C@]5(O)CC3=CC[C@@H]12. The average Bonchev–Trinajstić information content (AvgIpc) is 3.56. The van der Waals surface area contributed by atoms with Gasteiger partial charge in [-0.15, -0.1) is 0 Å². The van der Waals surface area contributed by atoms with Crippen molar-refractivity contribution in [3.63, 3.8) is 0 Å². The van der Waals surface area contributed by atoms with Gasteiger partial charge in [0.2, 0.25) is 0 Å². The minimum absolute atomic E-state index is 0.0628. The molecule has 0 aromatic rings. The number of aliphatic hydroxyl groups excluding tert-OH is 3. The van der Waals surface area contributed by atoms with Gasteiger partial charge in [-0.3, -0.25) is 0 Å². The topological polar surface area (TPSA) is 106 Å². The Morgan fingerprint density at radius 3 is 2.64 bits per heavy atom. The van der Waals surface area contributed by atoms with Crippen molar-refractivity contribution in [3.05, 3.63) is 11.6 Å². The quantitative estimate of drug-likeness (QED) is 0.411. The monoisotopic (exact) mass is 392 g/mol. The maximum Gasteiger partial charge on any atom is 0.149 e. The Hall–Kier alpha value is -0.500. The summed E-state index contributed by atoms with van der Waals surface area (Å²) in [6.45, 7) is 4.50. The van der Waals surface area contributed by atoms with E-state index in [2.05, 4.69) is 19.9 Å². The molecule has 6 nitrogen and oxygen atoms in total. The number of allylic oxidation sites excluding steroid dienone is 1. The molecule has 2 aliphatic heterocycles. The predicted molar refractivity (Wildman–Crippen MR) is 99.3 cm³/mol. The fourth-order valence-electron chi connectivity index (χ4n) is 8.23. The van der Waals surface area contributed by atoms with Gasteiger partial charge < -0.3 is 29.9 Å².